The van der Waals surface area contributed by atoms with Crippen LogP contribution in [-0.2, 0) is 28.7 Å². The summed E-state index contributed by atoms with van der Waals surface area (Å²) in [4.78, 5) is 28.3. The second-order valence-corrected chi connectivity index (χ2v) is 10.1. The molecular weight excluding hydrogens is 497 g/mol. The molecule has 11 heteroatoms. The molecule has 4 rings (SSSR count). The third-order valence-electron chi connectivity index (χ3n) is 7.23. The van der Waals surface area contributed by atoms with Crippen molar-refractivity contribution in [3.63, 3.8) is 0 Å². The van der Waals surface area contributed by atoms with Crippen LogP contribution in [0.25, 0.3) is 0 Å². The number of hydrogen-bond donors (Lipinski definition) is 4. The second-order valence-electron chi connectivity index (χ2n) is 10.1. The van der Waals surface area contributed by atoms with Crippen molar-refractivity contribution in [1.29, 1.82) is 10.8 Å². The average molecular weight is 531 g/mol. The van der Waals surface area contributed by atoms with Gasteiger partial charge in [0, 0.05) is 19.3 Å². The summed E-state index contributed by atoms with van der Waals surface area (Å²) in [6.07, 6.45) is 0.717. The number of piperidine rings is 1. The van der Waals surface area contributed by atoms with Gasteiger partial charge in [0.05, 0.1) is 11.6 Å². The van der Waals surface area contributed by atoms with Crippen LogP contribution in [0.5, 0.6) is 0 Å². The normalized spacial score (nSPS) is 21.8. The van der Waals surface area contributed by atoms with Gasteiger partial charge in [0.1, 0.15) is 17.4 Å². The molecule has 2 fully saturated rings. The Labute approximate surface area is 219 Å². The molecule has 2 saturated heterocycles. The van der Waals surface area contributed by atoms with E-state index >= 15 is 0 Å². The van der Waals surface area contributed by atoms with Gasteiger partial charge in [-0.3, -0.25) is 25.0 Å². The van der Waals surface area contributed by atoms with Crippen LogP contribution < -0.4 is 16.1 Å². The number of halogens is 3. The van der Waals surface area contributed by atoms with Crippen molar-refractivity contribution in [3.05, 3.63) is 64.8 Å². The Hall–Kier alpha value is -3.47. The summed E-state index contributed by atoms with van der Waals surface area (Å²) < 4.78 is 40.2. The van der Waals surface area contributed by atoms with E-state index in [1.54, 1.807) is 30.2 Å². The van der Waals surface area contributed by atoms with Crippen molar-refractivity contribution in [2.24, 2.45) is 5.92 Å². The number of likely N-dealkylation sites (tertiary alicyclic amines) is 1. The molecule has 1 aromatic carbocycles. The van der Waals surface area contributed by atoms with E-state index in [-0.39, 0.29) is 41.6 Å². The zero-order valence-electron chi connectivity index (χ0n) is 21.3. The largest absolute Gasteiger partial charge is 0.416 e. The topological polar surface area (TPSA) is 114 Å². The van der Waals surface area contributed by atoms with Crippen molar-refractivity contribution in [2.45, 2.75) is 63.8 Å². The van der Waals surface area contributed by atoms with Crippen molar-refractivity contribution in [2.75, 3.05) is 13.1 Å². The summed E-state index contributed by atoms with van der Waals surface area (Å²) in [7, 11) is 0. The number of benzene rings is 1. The summed E-state index contributed by atoms with van der Waals surface area (Å²) >= 11 is 0. The summed E-state index contributed by atoms with van der Waals surface area (Å²) in [5.41, 5.74) is 0.853. The van der Waals surface area contributed by atoms with Crippen LogP contribution in [0.3, 0.4) is 0 Å². The van der Waals surface area contributed by atoms with Crippen LogP contribution in [0.2, 0.25) is 0 Å². The van der Waals surface area contributed by atoms with E-state index in [1.165, 1.54) is 16.7 Å². The van der Waals surface area contributed by atoms with Gasteiger partial charge in [0.15, 0.2) is 0 Å². The zero-order valence-corrected chi connectivity index (χ0v) is 21.3. The minimum Gasteiger partial charge on any atom is -0.350 e. The lowest BCUT2D eigenvalue weighted by molar-refractivity contribution is -0.140. The zero-order chi connectivity index (χ0) is 27.4. The Morgan fingerprint density at radius 3 is 2.47 bits per heavy atom. The molecule has 0 saturated carbocycles. The molecule has 0 aliphatic carbocycles. The predicted molar refractivity (Wildman–Crippen MR) is 135 cm³/mol. The summed E-state index contributed by atoms with van der Waals surface area (Å²) in [6.45, 7) is 2.85. The number of rotatable bonds is 6. The van der Waals surface area contributed by atoms with E-state index in [2.05, 4.69) is 10.6 Å². The van der Waals surface area contributed by atoms with Gasteiger partial charge in [-0.15, -0.1) is 0 Å². The average Bonchev–Trinajstić information content (AvgIpc) is 3.30. The molecule has 204 valence electrons. The van der Waals surface area contributed by atoms with E-state index < -0.39 is 17.8 Å². The highest BCUT2D eigenvalue weighted by Gasteiger charge is 2.41. The SMILES string of the molecule is CC(=N)n1ccc(CNC(=O)[C@@H]2C[C@@H](Cc3ccc(C(F)(F)F)cc3)CN2C(=O)[C@H]2CCCCN2)cc1=N. The molecule has 3 atom stereocenters. The van der Waals surface area contributed by atoms with E-state index in [4.69, 9.17) is 10.8 Å². The second kappa shape index (κ2) is 11.5. The molecule has 1 aromatic heterocycles. The molecule has 3 heterocycles. The molecule has 0 radical (unpaired) electrons. The molecule has 38 heavy (non-hydrogen) atoms. The van der Waals surface area contributed by atoms with Crippen molar-refractivity contribution >= 4 is 17.6 Å². The predicted octanol–water partition coefficient (Wildman–Crippen LogP) is 3.05. The first-order valence-corrected chi connectivity index (χ1v) is 12.8. The Kier molecular flexibility index (Phi) is 8.35. The smallest absolute Gasteiger partial charge is 0.350 e. The maximum atomic E-state index is 13.4. The molecule has 0 bridgehead atoms. The lowest BCUT2D eigenvalue weighted by Gasteiger charge is -2.30. The maximum absolute atomic E-state index is 13.4. The number of carbonyl (C=O) groups is 2. The van der Waals surface area contributed by atoms with Gasteiger partial charge >= 0.3 is 6.18 Å². The number of pyridine rings is 1. The summed E-state index contributed by atoms with van der Waals surface area (Å²) in [5, 5.41) is 21.9. The number of carbonyl (C=O) groups excluding carboxylic acids is 2. The fourth-order valence-electron chi connectivity index (χ4n) is 5.24. The van der Waals surface area contributed by atoms with Crippen LogP contribution in [-0.4, -0.2) is 52.3 Å². The first-order chi connectivity index (χ1) is 18.0. The fourth-order valence-corrected chi connectivity index (χ4v) is 5.24. The van der Waals surface area contributed by atoms with Crippen LogP contribution >= 0.6 is 0 Å². The molecule has 4 N–H and O–H groups in total. The Morgan fingerprint density at radius 1 is 1.13 bits per heavy atom. The van der Waals surface area contributed by atoms with Crippen LogP contribution in [0.1, 0.15) is 49.3 Å². The minimum atomic E-state index is -4.40. The number of alkyl halides is 3. The highest BCUT2D eigenvalue weighted by atomic mass is 19.4. The number of amides is 2. The lowest BCUT2D eigenvalue weighted by Crippen LogP contribution is -2.53. The number of nitrogens with one attached hydrogen (secondary N) is 4. The molecule has 2 aromatic rings. The molecule has 8 nitrogen and oxygen atoms in total. The number of hydrogen-bond acceptors (Lipinski definition) is 5. The number of nitrogens with zero attached hydrogens (tertiary/aromatic N) is 2. The van der Waals surface area contributed by atoms with E-state index in [9.17, 15) is 22.8 Å². The van der Waals surface area contributed by atoms with Crippen LogP contribution in [0.15, 0.2) is 42.6 Å². The number of aromatic nitrogens is 1. The molecule has 2 amide bonds. The molecule has 2 aliphatic rings. The van der Waals surface area contributed by atoms with E-state index in [0.717, 1.165) is 37.1 Å². The summed E-state index contributed by atoms with van der Waals surface area (Å²) in [5.74, 6) is -0.270. The highest BCUT2D eigenvalue weighted by Crippen LogP contribution is 2.31. The standard InChI is InChI=1S/C27H33F3N6O2/c1-17(31)35-11-9-19(14-24(35)32)15-34-25(37)23-13-20(12-18-5-7-21(8-6-18)27(28,29)30)16-36(23)26(38)22-4-2-3-10-33-22/h5-9,11,14,20,22-23,31-33H,2-4,10,12-13,15-16H2,1H3,(H,34,37)/t20-,22-,23+/m1/s1. The van der Waals surface area contributed by atoms with Gasteiger partial charge in [-0.25, -0.2) is 0 Å². The minimum absolute atomic E-state index is 0.0684. The summed E-state index contributed by atoms with van der Waals surface area (Å²) in [6, 6.07) is 7.33. The van der Waals surface area contributed by atoms with Gasteiger partial charge in [0.25, 0.3) is 0 Å². The van der Waals surface area contributed by atoms with Gasteiger partial charge in [0.2, 0.25) is 11.8 Å². The van der Waals surface area contributed by atoms with Crippen LogP contribution in [0, 0.1) is 16.7 Å². The Balaban J connectivity index is 1.46. The highest BCUT2D eigenvalue weighted by molar-refractivity contribution is 5.90. The Morgan fingerprint density at radius 2 is 1.87 bits per heavy atom. The quantitative estimate of drug-likeness (QED) is 0.340. The molecule has 0 spiro atoms. The Bertz CT molecular complexity index is 1230. The fraction of sp³-hybridized carbons (Fsp3) is 0.481. The van der Waals surface area contributed by atoms with Gasteiger partial charge in [-0.1, -0.05) is 18.6 Å². The molecule has 0 unspecified atom stereocenters. The van der Waals surface area contributed by atoms with Crippen molar-refractivity contribution < 1.29 is 22.8 Å². The van der Waals surface area contributed by atoms with E-state index in [0.29, 0.717) is 31.4 Å². The van der Waals surface area contributed by atoms with Gasteiger partial charge < -0.3 is 15.5 Å². The van der Waals surface area contributed by atoms with Crippen molar-refractivity contribution in [1.82, 2.24) is 20.1 Å². The van der Waals surface area contributed by atoms with Crippen molar-refractivity contribution in [3.8, 4) is 0 Å². The monoisotopic (exact) mass is 530 g/mol. The maximum Gasteiger partial charge on any atom is 0.416 e. The first-order valence-electron chi connectivity index (χ1n) is 12.8. The van der Waals surface area contributed by atoms with Gasteiger partial charge in [-0.05, 0) is 80.5 Å². The third-order valence-corrected chi connectivity index (χ3v) is 7.23. The molecule has 2 aliphatic heterocycles. The lowest BCUT2D eigenvalue weighted by atomic mass is 9.96. The van der Waals surface area contributed by atoms with Gasteiger partial charge in [-0.2, -0.15) is 13.2 Å². The van der Waals surface area contributed by atoms with Crippen LogP contribution in [0.4, 0.5) is 13.2 Å². The molecular formula is C27H33F3N6O2. The van der Waals surface area contributed by atoms with E-state index in [1.807, 2.05) is 0 Å². The first kappa shape index (κ1) is 27.6. The third kappa shape index (κ3) is 6.50.